The number of carbonyl (C=O) groups is 2. The zero-order valence-electron chi connectivity index (χ0n) is 18.1. The molecule has 2 bridgehead atoms. The van der Waals surface area contributed by atoms with Crippen molar-refractivity contribution in [2.24, 2.45) is 35.0 Å². The van der Waals surface area contributed by atoms with E-state index in [1.54, 1.807) is 6.07 Å². The van der Waals surface area contributed by atoms with Gasteiger partial charge in [0, 0.05) is 12.6 Å². The summed E-state index contributed by atoms with van der Waals surface area (Å²) in [6, 6.07) is 1.80. The molecule has 1 saturated heterocycles. The van der Waals surface area contributed by atoms with Gasteiger partial charge in [0.1, 0.15) is 6.17 Å². The van der Waals surface area contributed by atoms with Crippen molar-refractivity contribution in [1.82, 2.24) is 15.8 Å². The van der Waals surface area contributed by atoms with Crippen LogP contribution in [-0.2, 0) is 20.9 Å². The summed E-state index contributed by atoms with van der Waals surface area (Å²) in [5, 5.41) is 9.87. The van der Waals surface area contributed by atoms with Crippen LogP contribution >= 0.6 is 0 Å². The lowest BCUT2D eigenvalue weighted by atomic mass is 9.78. The van der Waals surface area contributed by atoms with Crippen molar-refractivity contribution in [2.45, 2.75) is 58.2 Å². The Kier molecular flexibility index (Phi) is 5.52. The van der Waals surface area contributed by atoms with E-state index in [4.69, 9.17) is 9.26 Å². The van der Waals surface area contributed by atoms with Gasteiger partial charge in [-0.05, 0) is 75.2 Å². The van der Waals surface area contributed by atoms with Gasteiger partial charge in [0.2, 0.25) is 5.91 Å². The molecule has 6 atom stereocenters. The van der Waals surface area contributed by atoms with E-state index in [0.29, 0.717) is 18.7 Å². The monoisotopic (exact) mass is 433 g/mol. The molecule has 0 aromatic carbocycles. The van der Waals surface area contributed by atoms with Crippen LogP contribution in [0.5, 0.6) is 0 Å². The molecule has 170 valence electrons. The number of rotatable bonds is 7. The number of esters is 1. The minimum atomic E-state index is -0.886. The molecule has 4 fully saturated rings. The van der Waals surface area contributed by atoms with E-state index < -0.39 is 6.17 Å². The van der Waals surface area contributed by atoms with Crippen molar-refractivity contribution in [3.63, 3.8) is 0 Å². The smallest absolute Gasteiger partial charge is 0.310 e. The number of nitrogens with zero attached hydrogens (tertiary/aromatic N) is 1. The van der Waals surface area contributed by atoms with E-state index in [2.05, 4.69) is 15.8 Å². The Morgan fingerprint density at radius 1 is 1.29 bits per heavy atom. The van der Waals surface area contributed by atoms with Crippen LogP contribution in [0.1, 0.15) is 50.0 Å². The van der Waals surface area contributed by atoms with Crippen LogP contribution < -0.4 is 10.6 Å². The molecule has 3 saturated carbocycles. The molecule has 7 nitrogen and oxygen atoms in total. The van der Waals surface area contributed by atoms with Crippen LogP contribution in [-0.4, -0.2) is 42.9 Å². The first-order valence-electron chi connectivity index (χ1n) is 11.7. The molecule has 1 amide bonds. The SMILES string of the molecule is Cc1cc(CNC(=O)[C@H]2[C@H](C(=O)OCCC3CCNCC3F)[C@H]3CC[C@@H]2C32CC2)on1. The Bertz CT molecular complexity index is 839. The first-order chi connectivity index (χ1) is 15.0. The van der Waals surface area contributed by atoms with E-state index in [-0.39, 0.29) is 60.0 Å². The Morgan fingerprint density at radius 3 is 2.74 bits per heavy atom. The summed E-state index contributed by atoms with van der Waals surface area (Å²) in [5.41, 5.74) is 0.931. The summed E-state index contributed by atoms with van der Waals surface area (Å²) in [5.74, 6) is -0.0369. The van der Waals surface area contributed by atoms with E-state index in [1.807, 2.05) is 6.92 Å². The molecule has 0 radical (unpaired) electrons. The van der Waals surface area contributed by atoms with E-state index in [9.17, 15) is 14.0 Å². The maximum Gasteiger partial charge on any atom is 0.310 e. The minimum Gasteiger partial charge on any atom is -0.465 e. The molecule has 1 aromatic rings. The maximum absolute atomic E-state index is 14.0. The summed E-state index contributed by atoms with van der Waals surface area (Å²) in [6.45, 7) is 3.52. The predicted molar refractivity (Wildman–Crippen MR) is 109 cm³/mol. The molecule has 2 heterocycles. The van der Waals surface area contributed by atoms with Gasteiger partial charge < -0.3 is 19.9 Å². The summed E-state index contributed by atoms with van der Waals surface area (Å²) in [4.78, 5) is 26.3. The molecule has 31 heavy (non-hydrogen) atoms. The van der Waals surface area contributed by atoms with Gasteiger partial charge in [-0.15, -0.1) is 0 Å². The van der Waals surface area contributed by atoms with Gasteiger partial charge >= 0.3 is 5.97 Å². The summed E-state index contributed by atoms with van der Waals surface area (Å²) < 4.78 is 24.9. The van der Waals surface area contributed by atoms with Crippen LogP contribution in [0.2, 0.25) is 0 Å². The highest BCUT2D eigenvalue weighted by Crippen LogP contribution is 2.74. The molecule has 4 aliphatic rings. The molecule has 1 spiro atoms. The van der Waals surface area contributed by atoms with Crippen LogP contribution in [0.3, 0.4) is 0 Å². The van der Waals surface area contributed by atoms with Gasteiger partial charge in [0.05, 0.1) is 30.7 Å². The number of hydrogen-bond donors (Lipinski definition) is 2. The van der Waals surface area contributed by atoms with E-state index in [0.717, 1.165) is 44.3 Å². The number of ether oxygens (including phenoxy) is 1. The second kappa shape index (κ2) is 8.19. The Morgan fingerprint density at radius 2 is 2.06 bits per heavy atom. The van der Waals surface area contributed by atoms with Crippen molar-refractivity contribution in [1.29, 1.82) is 0 Å². The highest BCUT2D eigenvalue weighted by molar-refractivity contribution is 5.87. The van der Waals surface area contributed by atoms with Crippen LogP contribution in [0.25, 0.3) is 0 Å². The fourth-order valence-corrected chi connectivity index (χ4v) is 6.73. The maximum atomic E-state index is 14.0. The lowest BCUT2D eigenvalue weighted by Crippen LogP contribution is -2.42. The average molecular weight is 434 g/mol. The van der Waals surface area contributed by atoms with Crippen molar-refractivity contribution in [3.8, 4) is 0 Å². The predicted octanol–water partition coefficient (Wildman–Crippen LogP) is 2.53. The molecule has 1 aliphatic heterocycles. The number of aryl methyl sites for hydroxylation is 1. The number of carbonyl (C=O) groups excluding carboxylic acids is 2. The van der Waals surface area contributed by atoms with Gasteiger partial charge in [-0.1, -0.05) is 5.16 Å². The minimum absolute atomic E-state index is 0.0617. The largest absolute Gasteiger partial charge is 0.465 e. The molecule has 1 aromatic heterocycles. The zero-order chi connectivity index (χ0) is 21.6. The van der Waals surface area contributed by atoms with Gasteiger partial charge in [-0.25, -0.2) is 4.39 Å². The third-order valence-corrected chi connectivity index (χ3v) is 8.31. The molecular formula is C23H32FN3O4. The summed E-state index contributed by atoms with van der Waals surface area (Å²) in [7, 11) is 0. The Balaban J connectivity index is 1.22. The van der Waals surface area contributed by atoms with Crippen LogP contribution in [0.15, 0.2) is 10.6 Å². The van der Waals surface area contributed by atoms with Gasteiger partial charge in [-0.2, -0.15) is 0 Å². The van der Waals surface area contributed by atoms with Gasteiger partial charge in [-0.3, -0.25) is 9.59 Å². The fraction of sp³-hybridized carbons (Fsp3) is 0.783. The number of halogens is 1. The molecule has 2 unspecified atom stereocenters. The second-order valence-corrected chi connectivity index (χ2v) is 9.95. The lowest BCUT2D eigenvalue weighted by molar-refractivity contribution is -0.156. The molecule has 5 rings (SSSR count). The molecule has 2 N–H and O–H groups in total. The van der Waals surface area contributed by atoms with Crippen molar-refractivity contribution >= 4 is 11.9 Å². The fourth-order valence-electron chi connectivity index (χ4n) is 6.73. The molecule has 3 aliphatic carbocycles. The standard InChI is InChI=1S/C23H32FN3O4/c1-13-10-15(31-27-13)11-26-21(28)19-16-2-3-17(23(16)6-7-23)20(19)22(29)30-9-5-14-4-8-25-12-18(14)24/h10,14,16-20,25H,2-9,11-12H2,1H3,(H,26,28)/t14?,16-,17+,18?,19+,20+/m0/s1. The van der Waals surface area contributed by atoms with Crippen molar-refractivity contribution in [2.75, 3.05) is 19.7 Å². The number of aromatic nitrogens is 1. The molecular weight excluding hydrogens is 401 g/mol. The topological polar surface area (TPSA) is 93.5 Å². The van der Waals surface area contributed by atoms with Crippen molar-refractivity contribution < 1.29 is 23.2 Å². The van der Waals surface area contributed by atoms with E-state index >= 15 is 0 Å². The number of nitrogens with one attached hydrogen (secondary N) is 2. The highest BCUT2D eigenvalue weighted by Gasteiger charge is 2.71. The number of piperidine rings is 1. The van der Waals surface area contributed by atoms with Crippen molar-refractivity contribution in [3.05, 3.63) is 17.5 Å². The third-order valence-electron chi connectivity index (χ3n) is 8.31. The zero-order valence-corrected chi connectivity index (χ0v) is 18.1. The van der Waals surface area contributed by atoms with Crippen LogP contribution in [0.4, 0.5) is 4.39 Å². The first kappa shape index (κ1) is 20.9. The van der Waals surface area contributed by atoms with Gasteiger partial charge in [0.25, 0.3) is 0 Å². The number of amides is 1. The summed E-state index contributed by atoms with van der Waals surface area (Å²) in [6.07, 6.45) is 4.64. The summed E-state index contributed by atoms with van der Waals surface area (Å²) >= 11 is 0. The second-order valence-electron chi connectivity index (χ2n) is 9.95. The first-order valence-corrected chi connectivity index (χ1v) is 11.7. The average Bonchev–Trinajstić information content (AvgIpc) is 3.24. The normalized spacial score (nSPS) is 35.3. The van der Waals surface area contributed by atoms with Crippen LogP contribution in [0, 0.1) is 41.9 Å². The van der Waals surface area contributed by atoms with E-state index in [1.165, 1.54) is 0 Å². The molecule has 8 heteroatoms. The number of hydrogen-bond acceptors (Lipinski definition) is 6. The lowest BCUT2D eigenvalue weighted by Gasteiger charge is -2.29. The van der Waals surface area contributed by atoms with Gasteiger partial charge in [0.15, 0.2) is 5.76 Å². The third kappa shape index (κ3) is 3.77. The Labute approximate surface area is 181 Å². The Hall–Kier alpha value is -1.96. The highest BCUT2D eigenvalue weighted by atomic mass is 19.1. The number of alkyl halides is 1. The quantitative estimate of drug-likeness (QED) is 0.642.